The number of carbonyl (C=O) groups excluding carboxylic acids is 1. The molecule has 1 aliphatic rings. The first kappa shape index (κ1) is 17.4. The Morgan fingerprint density at radius 2 is 2.04 bits per heavy atom. The van der Waals surface area contributed by atoms with Crippen LogP contribution >= 0.6 is 0 Å². The number of carbonyl (C=O) groups is 1. The fourth-order valence-electron chi connectivity index (χ4n) is 3.02. The molecule has 0 bridgehead atoms. The van der Waals surface area contributed by atoms with Crippen LogP contribution < -0.4 is 5.32 Å². The molecule has 0 atom stereocenters. The van der Waals surface area contributed by atoms with Crippen LogP contribution in [-0.4, -0.2) is 58.7 Å². The second-order valence-corrected chi connectivity index (χ2v) is 6.36. The molecule has 134 valence electrons. The van der Waals surface area contributed by atoms with Crippen molar-refractivity contribution >= 4 is 6.03 Å². The van der Waals surface area contributed by atoms with Gasteiger partial charge < -0.3 is 14.7 Å². The topological polar surface area (TPSA) is 74.5 Å². The average Bonchev–Trinajstić information content (AvgIpc) is 2.97. The summed E-state index contributed by atoms with van der Waals surface area (Å²) in [5.74, 6) is 0.761. The second-order valence-electron chi connectivity index (χ2n) is 6.36. The molecular formula is C18H25N5O2. The van der Waals surface area contributed by atoms with Gasteiger partial charge in [-0.15, -0.1) is 0 Å². The Morgan fingerprint density at radius 1 is 1.24 bits per heavy atom. The van der Waals surface area contributed by atoms with Crippen molar-refractivity contribution < 1.29 is 9.32 Å². The van der Waals surface area contributed by atoms with Crippen molar-refractivity contribution in [2.24, 2.45) is 0 Å². The number of rotatable bonds is 5. The molecule has 1 saturated heterocycles. The summed E-state index contributed by atoms with van der Waals surface area (Å²) in [6.45, 7) is 8.47. The third-order valence-corrected chi connectivity index (χ3v) is 4.67. The van der Waals surface area contributed by atoms with E-state index in [0.717, 1.165) is 61.9 Å². The van der Waals surface area contributed by atoms with Crippen molar-refractivity contribution in [3.8, 4) is 0 Å². The molecular weight excluding hydrogens is 318 g/mol. The van der Waals surface area contributed by atoms with Crippen LogP contribution in [0.1, 0.15) is 22.7 Å². The first-order chi connectivity index (χ1) is 12.1. The van der Waals surface area contributed by atoms with E-state index in [4.69, 9.17) is 4.52 Å². The van der Waals surface area contributed by atoms with Gasteiger partial charge in [-0.2, -0.15) is 0 Å². The van der Waals surface area contributed by atoms with Crippen LogP contribution in [0.3, 0.4) is 0 Å². The Balaban J connectivity index is 1.40. The number of aryl methyl sites for hydroxylation is 2. The van der Waals surface area contributed by atoms with Gasteiger partial charge in [0.1, 0.15) is 5.76 Å². The Kier molecular flexibility index (Phi) is 5.65. The maximum atomic E-state index is 12.3. The molecule has 2 aromatic rings. The van der Waals surface area contributed by atoms with E-state index in [0.29, 0.717) is 6.54 Å². The van der Waals surface area contributed by atoms with E-state index in [9.17, 15) is 4.79 Å². The highest BCUT2D eigenvalue weighted by Crippen LogP contribution is 2.12. The van der Waals surface area contributed by atoms with Gasteiger partial charge in [0.05, 0.1) is 5.69 Å². The van der Waals surface area contributed by atoms with Crippen LogP contribution in [-0.2, 0) is 13.0 Å². The summed E-state index contributed by atoms with van der Waals surface area (Å²) in [5, 5.41) is 6.88. The van der Waals surface area contributed by atoms with Crippen LogP contribution in [0.25, 0.3) is 0 Å². The lowest BCUT2D eigenvalue weighted by molar-refractivity contribution is 0.139. The monoisotopic (exact) mass is 343 g/mol. The third kappa shape index (κ3) is 4.57. The largest absolute Gasteiger partial charge is 0.361 e. The van der Waals surface area contributed by atoms with Crippen molar-refractivity contribution in [1.29, 1.82) is 0 Å². The molecule has 1 fully saturated rings. The van der Waals surface area contributed by atoms with Crippen molar-refractivity contribution in [2.75, 3.05) is 32.7 Å². The van der Waals surface area contributed by atoms with Crippen molar-refractivity contribution in [1.82, 2.24) is 25.3 Å². The molecule has 7 heteroatoms. The molecule has 0 aliphatic carbocycles. The zero-order valence-electron chi connectivity index (χ0n) is 14.9. The lowest BCUT2D eigenvalue weighted by atomic mass is 10.2. The standard InChI is InChI=1S/C18H25N5O2/c1-14-17(15(2)25-21-14)13-20-18(24)23-11-9-22(10-12-23)8-6-16-5-3-4-7-19-16/h3-5,7H,6,8-13H2,1-2H3,(H,20,24). The van der Waals surface area contributed by atoms with Gasteiger partial charge in [-0.1, -0.05) is 11.2 Å². The van der Waals surface area contributed by atoms with E-state index in [1.165, 1.54) is 0 Å². The van der Waals surface area contributed by atoms with E-state index in [-0.39, 0.29) is 6.03 Å². The van der Waals surface area contributed by atoms with E-state index < -0.39 is 0 Å². The maximum absolute atomic E-state index is 12.3. The van der Waals surface area contributed by atoms with Crippen LogP contribution in [0.5, 0.6) is 0 Å². The maximum Gasteiger partial charge on any atom is 0.317 e. The smallest absolute Gasteiger partial charge is 0.317 e. The highest BCUT2D eigenvalue weighted by Gasteiger charge is 2.21. The quantitative estimate of drug-likeness (QED) is 0.895. The Morgan fingerprint density at radius 3 is 2.68 bits per heavy atom. The summed E-state index contributed by atoms with van der Waals surface area (Å²) in [5.41, 5.74) is 2.90. The van der Waals surface area contributed by atoms with Gasteiger partial charge in [-0.25, -0.2) is 4.79 Å². The van der Waals surface area contributed by atoms with Gasteiger partial charge in [0.2, 0.25) is 0 Å². The summed E-state index contributed by atoms with van der Waals surface area (Å²) in [7, 11) is 0. The minimum absolute atomic E-state index is 0.0237. The molecule has 3 rings (SSSR count). The van der Waals surface area contributed by atoms with E-state index in [2.05, 4.69) is 26.4 Å². The van der Waals surface area contributed by atoms with Gasteiger partial charge in [0.15, 0.2) is 0 Å². The van der Waals surface area contributed by atoms with Crippen LogP contribution in [0.2, 0.25) is 0 Å². The highest BCUT2D eigenvalue weighted by molar-refractivity contribution is 5.74. The Bertz CT molecular complexity index is 673. The molecule has 7 nitrogen and oxygen atoms in total. The van der Waals surface area contributed by atoms with Gasteiger partial charge in [0, 0.05) is 63.1 Å². The lowest BCUT2D eigenvalue weighted by Gasteiger charge is -2.34. The fraction of sp³-hybridized carbons (Fsp3) is 0.500. The first-order valence-electron chi connectivity index (χ1n) is 8.70. The number of urea groups is 1. The zero-order valence-corrected chi connectivity index (χ0v) is 14.9. The van der Waals surface area contributed by atoms with Crippen LogP contribution in [0, 0.1) is 13.8 Å². The number of aromatic nitrogens is 2. The molecule has 1 aliphatic heterocycles. The highest BCUT2D eigenvalue weighted by atomic mass is 16.5. The minimum atomic E-state index is -0.0237. The summed E-state index contributed by atoms with van der Waals surface area (Å²) in [6.07, 6.45) is 2.77. The summed E-state index contributed by atoms with van der Waals surface area (Å²) in [6, 6.07) is 5.98. The predicted molar refractivity (Wildman–Crippen MR) is 94.2 cm³/mol. The predicted octanol–water partition coefficient (Wildman–Crippen LogP) is 1.76. The molecule has 0 radical (unpaired) electrons. The van der Waals surface area contributed by atoms with Gasteiger partial charge >= 0.3 is 6.03 Å². The number of nitrogens with zero attached hydrogens (tertiary/aromatic N) is 4. The van der Waals surface area contributed by atoms with E-state index in [1.807, 2.05) is 37.1 Å². The average molecular weight is 343 g/mol. The normalized spacial score (nSPS) is 15.4. The molecule has 2 amide bonds. The lowest BCUT2D eigenvalue weighted by Crippen LogP contribution is -2.51. The van der Waals surface area contributed by atoms with Crippen molar-refractivity contribution in [3.05, 3.63) is 47.1 Å². The number of hydrogen-bond acceptors (Lipinski definition) is 5. The molecule has 0 spiro atoms. The van der Waals surface area contributed by atoms with E-state index in [1.54, 1.807) is 0 Å². The van der Waals surface area contributed by atoms with E-state index >= 15 is 0 Å². The minimum Gasteiger partial charge on any atom is -0.361 e. The van der Waals surface area contributed by atoms with Gasteiger partial charge in [-0.3, -0.25) is 9.88 Å². The molecule has 2 aromatic heterocycles. The molecule has 0 saturated carbocycles. The number of piperazine rings is 1. The molecule has 1 N–H and O–H groups in total. The zero-order chi connectivity index (χ0) is 17.6. The third-order valence-electron chi connectivity index (χ3n) is 4.67. The first-order valence-corrected chi connectivity index (χ1v) is 8.70. The number of hydrogen-bond donors (Lipinski definition) is 1. The van der Waals surface area contributed by atoms with Crippen molar-refractivity contribution in [2.45, 2.75) is 26.8 Å². The molecule has 0 unspecified atom stereocenters. The van der Waals surface area contributed by atoms with Gasteiger partial charge in [0.25, 0.3) is 0 Å². The number of pyridine rings is 1. The SMILES string of the molecule is Cc1noc(C)c1CNC(=O)N1CCN(CCc2ccccn2)CC1. The van der Waals surface area contributed by atoms with Crippen LogP contribution in [0.4, 0.5) is 4.79 Å². The number of nitrogens with one attached hydrogen (secondary N) is 1. The summed E-state index contributed by atoms with van der Waals surface area (Å²) >= 11 is 0. The van der Waals surface area contributed by atoms with Crippen LogP contribution in [0.15, 0.2) is 28.9 Å². The summed E-state index contributed by atoms with van der Waals surface area (Å²) < 4.78 is 5.12. The fourth-order valence-corrected chi connectivity index (χ4v) is 3.02. The molecule has 3 heterocycles. The van der Waals surface area contributed by atoms with Crippen molar-refractivity contribution in [3.63, 3.8) is 0 Å². The van der Waals surface area contributed by atoms with Gasteiger partial charge in [-0.05, 0) is 26.0 Å². The molecule has 0 aromatic carbocycles. The number of amides is 2. The summed E-state index contributed by atoms with van der Waals surface area (Å²) in [4.78, 5) is 20.9. The molecule has 25 heavy (non-hydrogen) atoms. The second kappa shape index (κ2) is 8.11. The Hall–Kier alpha value is -2.41. The Labute approximate surface area is 148 Å².